The van der Waals surface area contributed by atoms with E-state index in [4.69, 9.17) is 4.74 Å². The van der Waals surface area contributed by atoms with Crippen LogP contribution in [0, 0.1) is 5.82 Å². The molecule has 6 heteroatoms. The summed E-state index contributed by atoms with van der Waals surface area (Å²) in [6, 6.07) is 12.6. The number of halogens is 1. The first-order valence-electron chi connectivity index (χ1n) is 8.03. The van der Waals surface area contributed by atoms with Gasteiger partial charge in [-0.05, 0) is 42.3 Å². The van der Waals surface area contributed by atoms with Crippen molar-refractivity contribution in [2.24, 2.45) is 0 Å². The molecule has 4 aromatic rings. The van der Waals surface area contributed by atoms with Crippen molar-refractivity contribution in [1.82, 2.24) is 15.0 Å². The summed E-state index contributed by atoms with van der Waals surface area (Å²) in [6.45, 7) is 0.724. The second kappa shape index (κ2) is 6.39. The Balaban J connectivity index is 1.55. The van der Waals surface area contributed by atoms with Gasteiger partial charge >= 0.3 is 0 Å². The lowest BCUT2D eigenvalue weighted by Crippen LogP contribution is -2.07. The van der Waals surface area contributed by atoms with Gasteiger partial charge in [-0.1, -0.05) is 12.1 Å². The van der Waals surface area contributed by atoms with Gasteiger partial charge in [0.2, 0.25) is 0 Å². The number of hydrogen-bond acceptors (Lipinski definition) is 4. The van der Waals surface area contributed by atoms with Gasteiger partial charge in [0.05, 0.1) is 7.11 Å². The number of H-pyrrole nitrogens is 1. The van der Waals surface area contributed by atoms with Gasteiger partial charge in [-0.25, -0.2) is 14.4 Å². The second-order valence-electron chi connectivity index (χ2n) is 5.79. The van der Waals surface area contributed by atoms with E-state index in [0.717, 1.165) is 46.5 Å². The Hall–Kier alpha value is -3.15. The Kier molecular flexibility index (Phi) is 3.93. The number of nitrogens with zero attached hydrogens (tertiary/aromatic N) is 2. The number of rotatable bonds is 5. The molecular formula is C19H17FN4O. The summed E-state index contributed by atoms with van der Waals surface area (Å²) in [4.78, 5) is 11.9. The van der Waals surface area contributed by atoms with E-state index in [-0.39, 0.29) is 5.82 Å². The average molecular weight is 336 g/mol. The minimum atomic E-state index is -0.277. The first kappa shape index (κ1) is 15.4. The van der Waals surface area contributed by atoms with Gasteiger partial charge in [0.25, 0.3) is 0 Å². The summed E-state index contributed by atoms with van der Waals surface area (Å²) in [6.07, 6.45) is 2.35. The predicted molar refractivity (Wildman–Crippen MR) is 96.5 cm³/mol. The maximum Gasteiger partial charge on any atom is 0.153 e. The monoisotopic (exact) mass is 336 g/mol. The van der Waals surface area contributed by atoms with Gasteiger partial charge in [-0.2, -0.15) is 0 Å². The molecule has 0 spiro atoms. The summed E-state index contributed by atoms with van der Waals surface area (Å²) < 4.78 is 18.7. The highest BCUT2D eigenvalue weighted by molar-refractivity contribution is 6.07. The van der Waals surface area contributed by atoms with Crippen molar-refractivity contribution in [3.63, 3.8) is 0 Å². The summed E-state index contributed by atoms with van der Waals surface area (Å²) in [5, 5.41) is 4.09. The van der Waals surface area contributed by atoms with Crippen LogP contribution in [-0.4, -0.2) is 28.6 Å². The second-order valence-corrected chi connectivity index (χ2v) is 5.79. The third kappa shape index (κ3) is 2.98. The quantitative estimate of drug-likeness (QED) is 0.580. The SMILES string of the molecule is COc1ccc(CCNc2ncnc3c2[nH]c2ccc(F)cc23)cc1. The van der Waals surface area contributed by atoms with E-state index in [1.165, 1.54) is 24.0 Å². The molecule has 0 aliphatic carbocycles. The van der Waals surface area contributed by atoms with Gasteiger partial charge in [0.1, 0.15) is 28.9 Å². The Labute approximate surface area is 143 Å². The molecule has 0 fully saturated rings. The lowest BCUT2D eigenvalue weighted by molar-refractivity contribution is 0.414. The fourth-order valence-corrected chi connectivity index (χ4v) is 2.92. The fraction of sp³-hybridized carbons (Fsp3) is 0.158. The Morgan fingerprint density at radius 2 is 1.96 bits per heavy atom. The van der Waals surface area contributed by atoms with Crippen LogP contribution in [-0.2, 0) is 6.42 Å². The number of methoxy groups -OCH3 is 1. The lowest BCUT2D eigenvalue weighted by atomic mass is 10.1. The standard InChI is InChI=1S/C19H17FN4O/c1-25-14-5-2-12(3-6-14)8-9-21-19-18-17(22-11-23-19)15-10-13(20)4-7-16(15)24-18/h2-7,10-11,24H,8-9H2,1H3,(H,21,22,23). The van der Waals surface area contributed by atoms with Crippen molar-refractivity contribution < 1.29 is 9.13 Å². The Bertz CT molecular complexity index is 1030. The van der Waals surface area contributed by atoms with Crippen molar-refractivity contribution in [1.29, 1.82) is 0 Å². The van der Waals surface area contributed by atoms with Gasteiger partial charge in [-0.15, -0.1) is 0 Å². The van der Waals surface area contributed by atoms with Crippen molar-refractivity contribution in [2.75, 3.05) is 19.0 Å². The van der Waals surface area contributed by atoms with Crippen LogP contribution in [0.15, 0.2) is 48.8 Å². The topological polar surface area (TPSA) is 62.8 Å². The molecular weight excluding hydrogens is 319 g/mol. The van der Waals surface area contributed by atoms with Crippen molar-refractivity contribution in [2.45, 2.75) is 6.42 Å². The molecule has 2 aromatic carbocycles. The van der Waals surface area contributed by atoms with E-state index in [9.17, 15) is 4.39 Å². The maximum atomic E-state index is 13.5. The smallest absolute Gasteiger partial charge is 0.153 e. The summed E-state index contributed by atoms with van der Waals surface area (Å²) in [7, 11) is 1.66. The predicted octanol–water partition coefficient (Wildman–Crippen LogP) is 3.91. The number of benzene rings is 2. The van der Waals surface area contributed by atoms with Crippen LogP contribution in [0.5, 0.6) is 5.75 Å². The molecule has 0 bridgehead atoms. The largest absolute Gasteiger partial charge is 0.497 e. The molecule has 0 aliphatic heterocycles. The fourth-order valence-electron chi connectivity index (χ4n) is 2.92. The van der Waals surface area contributed by atoms with E-state index in [2.05, 4.69) is 20.3 Å². The number of aromatic amines is 1. The van der Waals surface area contributed by atoms with Crippen LogP contribution in [0.25, 0.3) is 21.9 Å². The number of hydrogen-bond donors (Lipinski definition) is 2. The third-order valence-electron chi connectivity index (χ3n) is 4.21. The minimum Gasteiger partial charge on any atom is -0.497 e. The molecule has 0 saturated carbocycles. The van der Waals surface area contributed by atoms with Crippen LogP contribution in [0.1, 0.15) is 5.56 Å². The molecule has 0 radical (unpaired) electrons. The summed E-state index contributed by atoms with van der Waals surface area (Å²) in [5.74, 6) is 1.29. The lowest BCUT2D eigenvalue weighted by Gasteiger charge is -2.07. The molecule has 0 atom stereocenters. The molecule has 126 valence electrons. The number of anilines is 1. The highest BCUT2D eigenvalue weighted by atomic mass is 19.1. The first-order chi connectivity index (χ1) is 12.2. The van der Waals surface area contributed by atoms with Crippen molar-refractivity contribution in [3.05, 3.63) is 60.2 Å². The normalized spacial score (nSPS) is 11.1. The molecule has 25 heavy (non-hydrogen) atoms. The van der Waals surface area contributed by atoms with Crippen LogP contribution < -0.4 is 10.1 Å². The van der Waals surface area contributed by atoms with E-state index in [1.807, 2.05) is 24.3 Å². The first-order valence-corrected chi connectivity index (χ1v) is 8.03. The van der Waals surface area contributed by atoms with E-state index in [0.29, 0.717) is 0 Å². The van der Waals surface area contributed by atoms with Crippen LogP contribution in [0.3, 0.4) is 0 Å². The highest BCUT2D eigenvalue weighted by Crippen LogP contribution is 2.27. The Morgan fingerprint density at radius 1 is 1.12 bits per heavy atom. The van der Waals surface area contributed by atoms with E-state index >= 15 is 0 Å². The summed E-state index contributed by atoms with van der Waals surface area (Å²) >= 11 is 0. The van der Waals surface area contributed by atoms with Crippen LogP contribution in [0.4, 0.5) is 10.2 Å². The molecule has 2 aromatic heterocycles. The molecule has 0 aliphatic rings. The molecule has 5 nitrogen and oxygen atoms in total. The number of ether oxygens (including phenoxy) is 1. The average Bonchev–Trinajstić information content (AvgIpc) is 3.01. The van der Waals surface area contributed by atoms with Gasteiger partial charge in [0, 0.05) is 17.4 Å². The van der Waals surface area contributed by atoms with Crippen LogP contribution >= 0.6 is 0 Å². The highest BCUT2D eigenvalue weighted by Gasteiger charge is 2.11. The van der Waals surface area contributed by atoms with E-state index < -0.39 is 0 Å². The molecule has 2 heterocycles. The number of fused-ring (bicyclic) bond motifs is 3. The van der Waals surface area contributed by atoms with Crippen molar-refractivity contribution >= 4 is 27.8 Å². The maximum absolute atomic E-state index is 13.5. The van der Waals surface area contributed by atoms with Gasteiger partial charge < -0.3 is 15.0 Å². The third-order valence-corrected chi connectivity index (χ3v) is 4.21. The molecule has 0 unspecified atom stereocenters. The van der Waals surface area contributed by atoms with E-state index in [1.54, 1.807) is 13.2 Å². The van der Waals surface area contributed by atoms with Gasteiger partial charge in [-0.3, -0.25) is 0 Å². The zero-order valence-electron chi connectivity index (χ0n) is 13.7. The van der Waals surface area contributed by atoms with Crippen LogP contribution in [0.2, 0.25) is 0 Å². The Morgan fingerprint density at radius 3 is 2.76 bits per heavy atom. The number of aromatic nitrogens is 3. The zero-order chi connectivity index (χ0) is 17.2. The van der Waals surface area contributed by atoms with Crippen molar-refractivity contribution in [3.8, 4) is 5.75 Å². The van der Waals surface area contributed by atoms with Gasteiger partial charge in [0.15, 0.2) is 5.82 Å². The zero-order valence-corrected chi connectivity index (χ0v) is 13.7. The molecule has 0 amide bonds. The summed E-state index contributed by atoms with van der Waals surface area (Å²) in [5.41, 5.74) is 3.56. The molecule has 4 rings (SSSR count). The molecule has 0 saturated heterocycles. The molecule has 2 N–H and O–H groups in total. The number of nitrogens with one attached hydrogen (secondary N) is 2. The minimum absolute atomic E-state index is 0.277.